The highest BCUT2D eigenvalue weighted by atomic mass is 16.4. The number of fused-ring (bicyclic) bond motifs is 1. The monoisotopic (exact) mass is 307 g/mol. The third kappa shape index (κ3) is 2.85. The van der Waals surface area contributed by atoms with Crippen molar-refractivity contribution in [2.45, 2.75) is 0 Å². The summed E-state index contributed by atoms with van der Waals surface area (Å²) in [4.78, 5) is 23.5. The van der Waals surface area contributed by atoms with E-state index in [0.29, 0.717) is 11.3 Å². The van der Waals surface area contributed by atoms with Gasteiger partial charge in [0.1, 0.15) is 11.3 Å². The fourth-order valence-electron chi connectivity index (χ4n) is 2.41. The average molecular weight is 307 g/mol. The van der Waals surface area contributed by atoms with E-state index in [9.17, 15) is 14.7 Å². The van der Waals surface area contributed by atoms with Gasteiger partial charge in [0.25, 0.3) is 5.91 Å². The topological polar surface area (TPSA) is 86.6 Å². The van der Waals surface area contributed by atoms with Gasteiger partial charge in [0.05, 0.1) is 0 Å². The first-order chi connectivity index (χ1) is 11.1. The van der Waals surface area contributed by atoms with Crippen LogP contribution >= 0.6 is 0 Å². The summed E-state index contributed by atoms with van der Waals surface area (Å²) in [6, 6.07) is 16.8. The van der Waals surface area contributed by atoms with E-state index in [1.165, 1.54) is 18.2 Å². The summed E-state index contributed by atoms with van der Waals surface area (Å²) >= 11 is 0. The lowest BCUT2D eigenvalue weighted by Crippen LogP contribution is -2.13. The lowest BCUT2D eigenvalue weighted by atomic mass is 10.0. The van der Waals surface area contributed by atoms with Crippen LogP contribution in [0.5, 0.6) is 5.75 Å². The summed E-state index contributed by atoms with van der Waals surface area (Å²) in [6.07, 6.45) is 0. The number of carboxylic acids is 1. The lowest BCUT2D eigenvalue weighted by molar-refractivity contribution is 0.0693. The number of phenols is 1. The highest BCUT2D eigenvalue weighted by Crippen LogP contribution is 2.23. The maximum atomic E-state index is 12.5. The van der Waals surface area contributed by atoms with Crippen molar-refractivity contribution in [1.29, 1.82) is 0 Å². The van der Waals surface area contributed by atoms with E-state index in [1.54, 1.807) is 12.1 Å². The zero-order valence-corrected chi connectivity index (χ0v) is 12.0. The molecule has 0 saturated heterocycles. The SMILES string of the molecule is O=C(O)c1cc(NC(=O)c2cccc3ccccc23)ccc1O. The Morgan fingerprint density at radius 3 is 2.39 bits per heavy atom. The summed E-state index contributed by atoms with van der Waals surface area (Å²) in [7, 11) is 0. The maximum Gasteiger partial charge on any atom is 0.339 e. The van der Waals surface area contributed by atoms with Crippen LogP contribution in [0, 0.1) is 0 Å². The molecule has 5 nitrogen and oxygen atoms in total. The zero-order chi connectivity index (χ0) is 16.4. The Labute approximate surface area is 131 Å². The van der Waals surface area contributed by atoms with Gasteiger partial charge in [-0.05, 0) is 35.0 Å². The van der Waals surface area contributed by atoms with Crippen LogP contribution in [0.15, 0.2) is 60.7 Å². The molecular formula is C18H13NO4. The standard InChI is InChI=1S/C18H13NO4/c20-16-9-8-12(10-15(16)18(22)23)19-17(21)14-7-3-5-11-4-1-2-6-13(11)14/h1-10,20H,(H,19,21)(H,22,23). The van der Waals surface area contributed by atoms with Crippen molar-refractivity contribution in [2.75, 3.05) is 5.32 Å². The van der Waals surface area contributed by atoms with E-state index in [0.717, 1.165) is 10.8 Å². The Bertz CT molecular complexity index is 913. The largest absolute Gasteiger partial charge is 0.507 e. The molecular weight excluding hydrogens is 294 g/mol. The van der Waals surface area contributed by atoms with Gasteiger partial charge in [-0.2, -0.15) is 0 Å². The Kier molecular flexibility index (Phi) is 3.68. The molecule has 3 aromatic rings. The number of nitrogens with one attached hydrogen (secondary N) is 1. The van der Waals surface area contributed by atoms with Crippen LogP contribution in [0.25, 0.3) is 10.8 Å². The summed E-state index contributed by atoms with van der Waals surface area (Å²) in [6.45, 7) is 0. The first-order valence-electron chi connectivity index (χ1n) is 6.91. The number of carbonyl (C=O) groups excluding carboxylic acids is 1. The molecule has 0 aliphatic heterocycles. The molecule has 23 heavy (non-hydrogen) atoms. The molecule has 3 aromatic carbocycles. The maximum absolute atomic E-state index is 12.5. The van der Waals surface area contributed by atoms with Gasteiger partial charge in [-0.15, -0.1) is 0 Å². The number of carbonyl (C=O) groups is 2. The molecule has 0 spiro atoms. The molecule has 0 bridgehead atoms. The van der Waals surface area contributed by atoms with Crippen molar-refractivity contribution in [3.63, 3.8) is 0 Å². The Morgan fingerprint density at radius 1 is 0.870 bits per heavy atom. The molecule has 3 N–H and O–H groups in total. The quantitative estimate of drug-likeness (QED) is 0.646. The second-order valence-corrected chi connectivity index (χ2v) is 5.02. The highest BCUT2D eigenvalue weighted by molar-refractivity contribution is 6.13. The van der Waals surface area contributed by atoms with Gasteiger partial charge in [0.15, 0.2) is 0 Å². The van der Waals surface area contributed by atoms with Gasteiger partial charge < -0.3 is 15.5 Å². The minimum Gasteiger partial charge on any atom is -0.507 e. The number of hydrogen-bond donors (Lipinski definition) is 3. The highest BCUT2D eigenvalue weighted by Gasteiger charge is 2.13. The van der Waals surface area contributed by atoms with Crippen molar-refractivity contribution in [1.82, 2.24) is 0 Å². The Hall–Kier alpha value is -3.34. The molecule has 3 rings (SSSR count). The fourth-order valence-corrected chi connectivity index (χ4v) is 2.41. The summed E-state index contributed by atoms with van der Waals surface area (Å²) in [5.41, 5.74) is 0.534. The van der Waals surface area contributed by atoms with Gasteiger partial charge in [0, 0.05) is 11.3 Å². The number of carboxylic acid groups (broad SMARTS) is 1. The molecule has 1 amide bonds. The number of hydrogen-bond acceptors (Lipinski definition) is 3. The van der Waals surface area contributed by atoms with Crippen LogP contribution in [0.2, 0.25) is 0 Å². The molecule has 0 fully saturated rings. The molecule has 0 aliphatic carbocycles. The molecule has 0 saturated carbocycles. The first-order valence-corrected chi connectivity index (χ1v) is 6.91. The normalized spacial score (nSPS) is 10.4. The van der Waals surface area contributed by atoms with Gasteiger partial charge in [-0.25, -0.2) is 4.79 Å². The summed E-state index contributed by atoms with van der Waals surface area (Å²) in [5.74, 6) is -1.95. The molecule has 0 radical (unpaired) electrons. The van der Waals surface area contributed by atoms with Crippen molar-refractivity contribution >= 4 is 28.3 Å². The molecule has 0 aliphatic rings. The Balaban J connectivity index is 1.95. The molecule has 0 heterocycles. The van der Waals surface area contributed by atoms with E-state index >= 15 is 0 Å². The van der Waals surface area contributed by atoms with Crippen LogP contribution in [0.4, 0.5) is 5.69 Å². The second kappa shape index (κ2) is 5.81. The average Bonchev–Trinajstić information content (AvgIpc) is 2.55. The third-order valence-corrected chi connectivity index (χ3v) is 3.52. The van der Waals surface area contributed by atoms with Crippen LogP contribution in [-0.2, 0) is 0 Å². The van der Waals surface area contributed by atoms with Gasteiger partial charge in [0.2, 0.25) is 0 Å². The molecule has 114 valence electrons. The van der Waals surface area contributed by atoms with E-state index in [-0.39, 0.29) is 17.2 Å². The smallest absolute Gasteiger partial charge is 0.339 e. The summed E-state index contributed by atoms with van der Waals surface area (Å²) < 4.78 is 0. The first kappa shape index (κ1) is 14.6. The lowest BCUT2D eigenvalue weighted by Gasteiger charge is -2.09. The predicted octanol–water partition coefficient (Wildman–Crippen LogP) is 3.50. The van der Waals surface area contributed by atoms with Crippen molar-refractivity contribution < 1.29 is 19.8 Å². The third-order valence-electron chi connectivity index (χ3n) is 3.52. The Morgan fingerprint density at radius 2 is 1.61 bits per heavy atom. The van der Waals surface area contributed by atoms with Crippen LogP contribution in [-0.4, -0.2) is 22.1 Å². The zero-order valence-electron chi connectivity index (χ0n) is 12.0. The number of aromatic carboxylic acids is 1. The van der Waals surface area contributed by atoms with Crippen LogP contribution < -0.4 is 5.32 Å². The van der Waals surface area contributed by atoms with E-state index in [4.69, 9.17) is 5.11 Å². The van der Waals surface area contributed by atoms with Crippen molar-refractivity contribution in [2.24, 2.45) is 0 Å². The minimum absolute atomic E-state index is 0.263. The molecule has 0 unspecified atom stereocenters. The fraction of sp³-hybridized carbons (Fsp3) is 0. The van der Waals surface area contributed by atoms with E-state index in [1.807, 2.05) is 30.3 Å². The number of aromatic hydroxyl groups is 1. The van der Waals surface area contributed by atoms with E-state index in [2.05, 4.69) is 5.32 Å². The molecule has 0 aromatic heterocycles. The van der Waals surface area contributed by atoms with Gasteiger partial charge >= 0.3 is 5.97 Å². The second-order valence-electron chi connectivity index (χ2n) is 5.02. The predicted molar refractivity (Wildman–Crippen MR) is 87.0 cm³/mol. The van der Waals surface area contributed by atoms with Gasteiger partial charge in [-0.3, -0.25) is 4.79 Å². The van der Waals surface area contributed by atoms with Crippen molar-refractivity contribution in [3.8, 4) is 5.75 Å². The molecule has 5 heteroatoms. The summed E-state index contributed by atoms with van der Waals surface area (Å²) in [5, 5.41) is 22.9. The number of rotatable bonds is 3. The molecule has 0 atom stereocenters. The number of benzene rings is 3. The van der Waals surface area contributed by atoms with Gasteiger partial charge in [-0.1, -0.05) is 36.4 Å². The van der Waals surface area contributed by atoms with E-state index < -0.39 is 5.97 Å². The van der Waals surface area contributed by atoms with Crippen LogP contribution in [0.3, 0.4) is 0 Å². The van der Waals surface area contributed by atoms with Crippen molar-refractivity contribution in [3.05, 3.63) is 71.8 Å². The van der Waals surface area contributed by atoms with Crippen LogP contribution in [0.1, 0.15) is 20.7 Å². The number of anilines is 1. The minimum atomic E-state index is -1.26. The number of amides is 1.